The summed E-state index contributed by atoms with van der Waals surface area (Å²) in [6.07, 6.45) is -0.363. The number of rotatable bonds is 4. The maximum Gasteiger partial charge on any atom is 0.245 e. The number of halogens is 1. The van der Waals surface area contributed by atoms with Crippen LogP contribution in [0.15, 0.2) is 11.0 Å². The van der Waals surface area contributed by atoms with Gasteiger partial charge in [-0.25, -0.2) is 0 Å². The molecule has 18 heavy (non-hydrogen) atoms. The average Bonchev–Trinajstić information content (AvgIpc) is 2.43. The summed E-state index contributed by atoms with van der Waals surface area (Å²) in [5, 5.41) is 14.8. The quantitative estimate of drug-likeness (QED) is 0.597. The van der Waals surface area contributed by atoms with Crippen molar-refractivity contribution in [3.63, 3.8) is 0 Å². The van der Waals surface area contributed by atoms with Crippen LogP contribution in [0.25, 0.3) is 0 Å². The predicted octanol–water partition coefficient (Wildman–Crippen LogP) is 0.906. The van der Waals surface area contributed by atoms with E-state index in [2.05, 4.69) is 5.32 Å². The lowest BCUT2D eigenvalue weighted by Gasteiger charge is -2.55. The SMILES string of the molecule is CC(C)[C@H](O)[C@]12C(=O)NC1(C)C(CCCl)=CS2=O. The van der Waals surface area contributed by atoms with Crippen molar-refractivity contribution in [3.8, 4) is 0 Å². The van der Waals surface area contributed by atoms with Crippen molar-refractivity contribution in [3.05, 3.63) is 11.0 Å². The van der Waals surface area contributed by atoms with Crippen LogP contribution in [0.5, 0.6) is 0 Å². The first kappa shape index (κ1) is 14.0. The molecule has 0 aromatic carbocycles. The van der Waals surface area contributed by atoms with Gasteiger partial charge in [-0.1, -0.05) is 13.8 Å². The fraction of sp³-hybridized carbons (Fsp3) is 0.750. The predicted molar refractivity (Wildman–Crippen MR) is 71.7 cm³/mol. The molecular formula is C12H18ClNO3S. The number of fused-ring (bicyclic) bond motifs is 1. The lowest BCUT2D eigenvalue weighted by atomic mass is 9.66. The number of hydrogen-bond acceptors (Lipinski definition) is 3. The van der Waals surface area contributed by atoms with Crippen LogP contribution in [-0.2, 0) is 15.6 Å². The molecule has 2 N–H and O–H groups in total. The van der Waals surface area contributed by atoms with Crippen LogP contribution in [0.2, 0.25) is 0 Å². The average molecular weight is 292 g/mol. The molecule has 0 saturated carbocycles. The zero-order valence-electron chi connectivity index (χ0n) is 10.7. The van der Waals surface area contributed by atoms with Gasteiger partial charge in [0.15, 0.2) is 4.75 Å². The summed E-state index contributed by atoms with van der Waals surface area (Å²) in [5.41, 5.74) is 0.128. The smallest absolute Gasteiger partial charge is 0.245 e. The van der Waals surface area contributed by atoms with E-state index >= 15 is 0 Å². The molecule has 2 aliphatic heterocycles. The third kappa shape index (κ3) is 1.41. The minimum absolute atomic E-state index is 0.136. The molecule has 0 radical (unpaired) electrons. The third-order valence-corrected chi connectivity index (χ3v) is 6.22. The van der Waals surface area contributed by atoms with E-state index in [1.807, 2.05) is 20.8 Å². The summed E-state index contributed by atoms with van der Waals surface area (Å²) >= 11 is 5.74. The summed E-state index contributed by atoms with van der Waals surface area (Å²) in [6.45, 7) is 5.47. The van der Waals surface area contributed by atoms with E-state index in [0.29, 0.717) is 12.3 Å². The first-order valence-corrected chi connectivity index (χ1v) is 7.75. The Kier molecular flexibility index (Phi) is 3.37. The Morgan fingerprint density at radius 1 is 1.56 bits per heavy atom. The molecule has 2 aliphatic rings. The molecular weight excluding hydrogens is 274 g/mol. The highest BCUT2D eigenvalue weighted by atomic mass is 35.5. The molecule has 0 spiro atoms. The Hall–Kier alpha value is -0.390. The Morgan fingerprint density at radius 3 is 2.61 bits per heavy atom. The van der Waals surface area contributed by atoms with Crippen LogP contribution >= 0.6 is 11.6 Å². The molecule has 0 aliphatic carbocycles. The summed E-state index contributed by atoms with van der Waals surface area (Å²) < 4.78 is 11.1. The van der Waals surface area contributed by atoms with Gasteiger partial charge in [0.2, 0.25) is 5.91 Å². The number of hydrogen-bond donors (Lipinski definition) is 2. The number of β-lactam (4-membered cyclic amide) rings is 1. The summed E-state index contributed by atoms with van der Waals surface area (Å²) in [4.78, 5) is 12.0. The zero-order valence-corrected chi connectivity index (χ0v) is 12.3. The molecule has 0 aromatic heterocycles. The first-order chi connectivity index (χ1) is 8.32. The number of aliphatic hydroxyl groups excluding tert-OH is 1. The summed E-state index contributed by atoms with van der Waals surface area (Å²) in [6, 6.07) is 0. The van der Waals surface area contributed by atoms with Crippen molar-refractivity contribution in [1.82, 2.24) is 5.32 Å². The fourth-order valence-electron chi connectivity index (χ4n) is 2.96. The molecule has 0 bridgehead atoms. The number of carbonyl (C=O) groups excluding carboxylic acids is 1. The van der Waals surface area contributed by atoms with Crippen molar-refractivity contribution in [2.24, 2.45) is 5.92 Å². The van der Waals surface area contributed by atoms with E-state index in [0.717, 1.165) is 5.57 Å². The van der Waals surface area contributed by atoms with E-state index < -0.39 is 27.2 Å². The van der Waals surface area contributed by atoms with Gasteiger partial charge in [-0.3, -0.25) is 9.00 Å². The second-order valence-electron chi connectivity index (χ2n) is 5.38. The number of amides is 1. The van der Waals surface area contributed by atoms with Crippen molar-refractivity contribution >= 4 is 28.3 Å². The third-order valence-electron chi connectivity index (χ3n) is 4.06. The van der Waals surface area contributed by atoms with Gasteiger partial charge < -0.3 is 10.4 Å². The standard InChI is InChI=1S/C12H18ClNO3S/c1-7(2)9(15)12-10(16)14-11(12,3)8(4-5-13)6-18(12)17/h6-7,9,15H,4-5H2,1-3H3,(H,14,16)/t9-,11?,12-,18?/m0/s1. The van der Waals surface area contributed by atoms with E-state index in [4.69, 9.17) is 11.6 Å². The number of carbonyl (C=O) groups is 1. The minimum Gasteiger partial charge on any atom is -0.391 e. The monoisotopic (exact) mass is 291 g/mol. The molecule has 2 heterocycles. The van der Waals surface area contributed by atoms with Crippen LogP contribution < -0.4 is 5.32 Å². The van der Waals surface area contributed by atoms with Crippen LogP contribution in [0, 0.1) is 5.92 Å². The van der Waals surface area contributed by atoms with Crippen LogP contribution in [-0.4, -0.2) is 37.5 Å². The molecule has 4 atom stereocenters. The first-order valence-electron chi connectivity index (χ1n) is 6.01. The highest BCUT2D eigenvalue weighted by molar-refractivity contribution is 7.91. The Labute approximate surface area is 114 Å². The topological polar surface area (TPSA) is 66.4 Å². The van der Waals surface area contributed by atoms with E-state index in [1.165, 1.54) is 0 Å². The van der Waals surface area contributed by atoms with Crippen LogP contribution in [0.3, 0.4) is 0 Å². The second kappa shape index (κ2) is 4.32. The van der Waals surface area contributed by atoms with Gasteiger partial charge in [0.05, 0.1) is 22.4 Å². The molecule has 4 nitrogen and oxygen atoms in total. The summed E-state index contributed by atoms with van der Waals surface area (Å²) in [5.74, 6) is -0.0593. The van der Waals surface area contributed by atoms with Crippen molar-refractivity contribution in [2.75, 3.05) is 5.88 Å². The van der Waals surface area contributed by atoms with Crippen molar-refractivity contribution < 1.29 is 14.1 Å². The van der Waals surface area contributed by atoms with Crippen LogP contribution in [0.4, 0.5) is 0 Å². The van der Waals surface area contributed by atoms with Gasteiger partial charge in [0.1, 0.15) is 0 Å². The lowest BCUT2D eigenvalue weighted by Crippen LogP contribution is -2.84. The van der Waals surface area contributed by atoms with Gasteiger partial charge >= 0.3 is 0 Å². The maximum absolute atomic E-state index is 12.4. The number of nitrogens with one attached hydrogen (secondary N) is 1. The highest BCUT2D eigenvalue weighted by Crippen LogP contribution is 2.52. The van der Waals surface area contributed by atoms with Gasteiger partial charge in [-0.15, -0.1) is 11.6 Å². The molecule has 2 unspecified atom stereocenters. The minimum atomic E-state index is -1.50. The molecule has 1 fully saturated rings. The molecule has 1 saturated heterocycles. The Bertz CT molecular complexity index is 451. The molecule has 0 aromatic rings. The largest absolute Gasteiger partial charge is 0.391 e. The molecule has 1 amide bonds. The maximum atomic E-state index is 12.4. The highest BCUT2D eigenvalue weighted by Gasteiger charge is 2.74. The Balaban J connectivity index is 2.47. The second-order valence-corrected chi connectivity index (χ2v) is 7.24. The van der Waals surface area contributed by atoms with Crippen molar-refractivity contribution in [2.45, 2.75) is 43.6 Å². The normalized spacial score (nSPS) is 40.0. The van der Waals surface area contributed by atoms with E-state index in [1.54, 1.807) is 5.41 Å². The molecule has 2 rings (SSSR count). The van der Waals surface area contributed by atoms with Gasteiger partial charge in [-0.05, 0) is 24.8 Å². The van der Waals surface area contributed by atoms with Gasteiger partial charge in [-0.2, -0.15) is 0 Å². The Morgan fingerprint density at radius 2 is 2.17 bits per heavy atom. The van der Waals surface area contributed by atoms with Crippen LogP contribution in [0.1, 0.15) is 27.2 Å². The number of alkyl halides is 1. The van der Waals surface area contributed by atoms with Gasteiger partial charge in [0.25, 0.3) is 0 Å². The molecule has 6 heteroatoms. The van der Waals surface area contributed by atoms with E-state index in [-0.39, 0.29) is 11.8 Å². The number of aliphatic hydroxyl groups is 1. The van der Waals surface area contributed by atoms with Gasteiger partial charge in [0, 0.05) is 11.3 Å². The zero-order chi connectivity index (χ0) is 13.7. The lowest BCUT2D eigenvalue weighted by molar-refractivity contribution is -0.143. The van der Waals surface area contributed by atoms with Crippen molar-refractivity contribution in [1.29, 1.82) is 0 Å². The van der Waals surface area contributed by atoms with E-state index in [9.17, 15) is 14.1 Å². The fourth-order valence-corrected chi connectivity index (χ4v) is 5.29. The summed E-state index contributed by atoms with van der Waals surface area (Å²) in [7, 11) is -1.50. The molecule has 102 valence electrons.